The summed E-state index contributed by atoms with van der Waals surface area (Å²) in [6.07, 6.45) is 3.43. The standard InChI is InChI=1S/C13H14F2O/c14-11-4-5-13(15)10(8-11)6-9-2-1-3-12(16)7-9/h4-5,8-9H,1-3,6-7H2. The fourth-order valence-corrected chi connectivity index (χ4v) is 2.30. The van der Waals surface area contributed by atoms with Crippen molar-refractivity contribution in [2.45, 2.75) is 32.1 Å². The Balaban J connectivity index is 2.08. The van der Waals surface area contributed by atoms with Crippen molar-refractivity contribution in [2.24, 2.45) is 5.92 Å². The van der Waals surface area contributed by atoms with E-state index < -0.39 is 5.82 Å². The molecule has 0 amide bonds. The molecular formula is C13H14F2O. The Morgan fingerprint density at radius 3 is 2.88 bits per heavy atom. The van der Waals surface area contributed by atoms with E-state index >= 15 is 0 Å². The van der Waals surface area contributed by atoms with Crippen LogP contribution in [0.15, 0.2) is 18.2 Å². The quantitative estimate of drug-likeness (QED) is 0.753. The van der Waals surface area contributed by atoms with Gasteiger partial charge in [-0.15, -0.1) is 0 Å². The van der Waals surface area contributed by atoms with Gasteiger partial charge in [0.15, 0.2) is 0 Å². The molecule has 1 aliphatic carbocycles. The minimum Gasteiger partial charge on any atom is -0.300 e. The van der Waals surface area contributed by atoms with Crippen LogP contribution in [0.1, 0.15) is 31.2 Å². The second-order valence-electron chi connectivity index (χ2n) is 4.44. The summed E-state index contributed by atoms with van der Waals surface area (Å²) in [7, 11) is 0. The molecule has 0 N–H and O–H groups in total. The molecule has 86 valence electrons. The average Bonchev–Trinajstić information content (AvgIpc) is 2.24. The molecule has 0 saturated heterocycles. The Hall–Kier alpha value is -1.25. The van der Waals surface area contributed by atoms with Crippen molar-refractivity contribution >= 4 is 5.78 Å². The number of carbonyl (C=O) groups is 1. The molecule has 0 heterocycles. The summed E-state index contributed by atoms with van der Waals surface area (Å²) in [5, 5.41) is 0. The lowest BCUT2D eigenvalue weighted by atomic mass is 9.84. The number of carbonyl (C=O) groups excluding carboxylic acids is 1. The Morgan fingerprint density at radius 2 is 2.12 bits per heavy atom. The fraction of sp³-hybridized carbons (Fsp3) is 0.462. The predicted octanol–water partition coefficient (Wildman–Crippen LogP) is 3.27. The van der Waals surface area contributed by atoms with Gasteiger partial charge in [-0.2, -0.15) is 0 Å². The van der Waals surface area contributed by atoms with Crippen LogP contribution in [0, 0.1) is 17.6 Å². The molecule has 1 fully saturated rings. The molecule has 1 atom stereocenters. The summed E-state index contributed by atoms with van der Waals surface area (Å²) in [4.78, 5) is 11.2. The second kappa shape index (κ2) is 4.73. The molecule has 1 nitrogen and oxygen atoms in total. The van der Waals surface area contributed by atoms with Crippen LogP contribution in [0.3, 0.4) is 0 Å². The average molecular weight is 224 g/mol. The highest BCUT2D eigenvalue weighted by Crippen LogP contribution is 2.26. The lowest BCUT2D eigenvalue weighted by Crippen LogP contribution is -2.17. The SMILES string of the molecule is O=C1CCCC(Cc2cc(F)ccc2F)C1. The smallest absolute Gasteiger partial charge is 0.133 e. The van der Waals surface area contributed by atoms with E-state index in [4.69, 9.17) is 0 Å². The van der Waals surface area contributed by atoms with Gasteiger partial charge >= 0.3 is 0 Å². The first kappa shape index (κ1) is 11.2. The van der Waals surface area contributed by atoms with Gasteiger partial charge in [-0.25, -0.2) is 8.78 Å². The van der Waals surface area contributed by atoms with E-state index in [0.717, 1.165) is 25.0 Å². The highest BCUT2D eigenvalue weighted by atomic mass is 19.1. The van der Waals surface area contributed by atoms with Crippen molar-refractivity contribution in [3.8, 4) is 0 Å². The number of hydrogen-bond donors (Lipinski definition) is 0. The lowest BCUT2D eigenvalue weighted by molar-refractivity contribution is -0.121. The van der Waals surface area contributed by atoms with Crippen molar-refractivity contribution in [2.75, 3.05) is 0 Å². The van der Waals surface area contributed by atoms with Crippen molar-refractivity contribution in [3.05, 3.63) is 35.4 Å². The van der Waals surface area contributed by atoms with Gasteiger partial charge in [-0.05, 0) is 48.9 Å². The maximum absolute atomic E-state index is 13.4. The molecule has 0 aromatic heterocycles. The van der Waals surface area contributed by atoms with Gasteiger partial charge in [0, 0.05) is 12.8 Å². The first-order chi connectivity index (χ1) is 7.65. The molecule has 3 heteroatoms. The largest absolute Gasteiger partial charge is 0.300 e. The van der Waals surface area contributed by atoms with Crippen LogP contribution >= 0.6 is 0 Å². The fourth-order valence-electron chi connectivity index (χ4n) is 2.30. The van der Waals surface area contributed by atoms with E-state index in [0.29, 0.717) is 24.8 Å². The molecule has 0 radical (unpaired) electrons. The zero-order valence-corrected chi connectivity index (χ0v) is 9.01. The zero-order valence-electron chi connectivity index (χ0n) is 9.01. The second-order valence-corrected chi connectivity index (χ2v) is 4.44. The van der Waals surface area contributed by atoms with Crippen LogP contribution in [0.4, 0.5) is 8.78 Å². The molecule has 1 aromatic carbocycles. The minimum atomic E-state index is -0.418. The van der Waals surface area contributed by atoms with Crippen molar-refractivity contribution < 1.29 is 13.6 Å². The summed E-state index contributed by atoms with van der Waals surface area (Å²) in [6.45, 7) is 0. The molecule has 0 bridgehead atoms. The third kappa shape index (κ3) is 2.65. The molecule has 1 aliphatic rings. The first-order valence-electron chi connectivity index (χ1n) is 5.61. The first-order valence-corrected chi connectivity index (χ1v) is 5.61. The molecule has 1 aromatic rings. The van der Waals surface area contributed by atoms with Gasteiger partial charge < -0.3 is 0 Å². The van der Waals surface area contributed by atoms with Crippen LogP contribution in [-0.2, 0) is 11.2 Å². The summed E-state index contributed by atoms with van der Waals surface area (Å²) in [5.41, 5.74) is 0.389. The Kier molecular flexibility index (Phi) is 3.32. The van der Waals surface area contributed by atoms with E-state index in [1.165, 1.54) is 6.07 Å². The van der Waals surface area contributed by atoms with Gasteiger partial charge in [0.05, 0.1) is 0 Å². The van der Waals surface area contributed by atoms with E-state index in [-0.39, 0.29) is 17.5 Å². The van der Waals surface area contributed by atoms with E-state index in [9.17, 15) is 13.6 Å². The Morgan fingerprint density at radius 1 is 1.31 bits per heavy atom. The van der Waals surface area contributed by atoms with Crippen LogP contribution in [0.2, 0.25) is 0 Å². The molecule has 0 spiro atoms. The Labute approximate surface area is 93.5 Å². The van der Waals surface area contributed by atoms with Crippen LogP contribution in [0.5, 0.6) is 0 Å². The van der Waals surface area contributed by atoms with Crippen LogP contribution in [-0.4, -0.2) is 5.78 Å². The highest BCUT2D eigenvalue weighted by molar-refractivity contribution is 5.79. The number of hydrogen-bond acceptors (Lipinski definition) is 1. The maximum Gasteiger partial charge on any atom is 0.133 e. The van der Waals surface area contributed by atoms with Crippen LogP contribution < -0.4 is 0 Å². The number of halogens is 2. The summed E-state index contributed by atoms with van der Waals surface area (Å²) >= 11 is 0. The van der Waals surface area contributed by atoms with Crippen molar-refractivity contribution in [1.29, 1.82) is 0 Å². The molecule has 1 saturated carbocycles. The number of rotatable bonds is 2. The van der Waals surface area contributed by atoms with E-state index in [1.807, 2.05) is 0 Å². The number of Topliss-reactive ketones (excluding diaryl/α,β-unsaturated/α-hetero) is 1. The minimum absolute atomic E-state index is 0.178. The zero-order chi connectivity index (χ0) is 11.5. The molecule has 0 aliphatic heterocycles. The molecule has 1 unspecified atom stereocenters. The van der Waals surface area contributed by atoms with Gasteiger partial charge in [-0.1, -0.05) is 0 Å². The normalized spacial score (nSPS) is 21.1. The molecule has 2 rings (SSSR count). The van der Waals surface area contributed by atoms with Gasteiger partial charge in [0.1, 0.15) is 17.4 Å². The van der Waals surface area contributed by atoms with Gasteiger partial charge in [0.25, 0.3) is 0 Å². The monoisotopic (exact) mass is 224 g/mol. The van der Waals surface area contributed by atoms with E-state index in [2.05, 4.69) is 0 Å². The summed E-state index contributed by atoms with van der Waals surface area (Å²) in [6, 6.07) is 3.49. The Bertz CT molecular complexity index is 401. The summed E-state index contributed by atoms with van der Waals surface area (Å²) < 4.78 is 26.3. The third-order valence-electron chi connectivity index (χ3n) is 3.10. The van der Waals surface area contributed by atoms with Gasteiger partial charge in [-0.3, -0.25) is 4.79 Å². The van der Waals surface area contributed by atoms with Gasteiger partial charge in [0.2, 0.25) is 0 Å². The number of ketones is 1. The number of benzene rings is 1. The molecule has 16 heavy (non-hydrogen) atoms. The van der Waals surface area contributed by atoms with E-state index in [1.54, 1.807) is 0 Å². The summed E-state index contributed by atoms with van der Waals surface area (Å²) in [5.74, 6) is -0.372. The third-order valence-corrected chi connectivity index (χ3v) is 3.10. The van der Waals surface area contributed by atoms with Crippen molar-refractivity contribution in [3.63, 3.8) is 0 Å². The maximum atomic E-state index is 13.4. The van der Waals surface area contributed by atoms with Crippen LogP contribution in [0.25, 0.3) is 0 Å². The topological polar surface area (TPSA) is 17.1 Å². The molecular weight excluding hydrogens is 210 g/mol. The predicted molar refractivity (Wildman–Crippen MR) is 57.0 cm³/mol. The van der Waals surface area contributed by atoms with Crippen molar-refractivity contribution in [1.82, 2.24) is 0 Å². The highest BCUT2D eigenvalue weighted by Gasteiger charge is 2.20. The lowest BCUT2D eigenvalue weighted by Gasteiger charge is -2.20.